The molecule has 2 rings (SSSR count). The number of nitrogens with zero attached hydrogens (tertiary/aromatic N) is 1. The van der Waals surface area contributed by atoms with E-state index in [9.17, 15) is 4.79 Å². The van der Waals surface area contributed by atoms with Crippen LogP contribution in [0.1, 0.15) is 47.4 Å². The van der Waals surface area contributed by atoms with Gasteiger partial charge in [-0.2, -0.15) is 0 Å². The molecule has 0 aromatic carbocycles. The number of ether oxygens (including phenoxy) is 2. The van der Waals surface area contributed by atoms with Crippen LogP contribution in [0.3, 0.4) is 0 Å². The Morgan fingerprint density at radius 3 is 2.65 bits per heavy atom. The quantitative estimate of drug-likeness (QED) is 0.778. The molecular weight excluding hydrogens is 254 g/mol. The predicted molar refractivity (Wildman–Crippen MR) is 78.2 cm³/mol. The summed E-state index contributed by atoms with van der Waals surface area (Å²) >= 11 is 0. The van der Waals surface area contributed by atoms with Crippen LogP contribution in [0.15, 0.2) is 6.07 Å². The predicted octanol–water partition coefficient (Wildman–Crippen LogP) is 2.80. The molecule has 2 unspecified atom stereocenters. The monoisotopic (exact) mass is 279 g/mol. The average molecular weight is 279 g/mol. The summed E-state index contributed by atoms with van der Waals surface area (Å²) in [7, 11) is 3.72. The van der Waals surface area contributed by atoms with E-state index >= 15 is 0 Å². The molecule has 0 bridgehead atoms. The van der Waals surface area contributed by atoms with Crippen LogP contribution in [-0.2, 0) is 16.5 Å². The van der Waals surface area contributed by atoms with Crippen LogP contribution >= 0.6 is 0 Å². The zero-order valence-corrected chi connectivity index (χ0v) is 12.9. The topological polar surface area (TPSA) is 40.5 Å². The van der Waals surface area contributed by atoms with Crippen molar-refractivity contribution in [3.05, 3.63) is 23.0 Å². The normalized spacial score (nSPS) is 23.0. The van der Waals surface area contributed by atoms with Crippen molar-refractivity contribution in [1.29, 1.82) is 0 Å². The van der Waals surface area contributed by atoms with E-state index in [0.717, 1.165) is 42.6 Å². The highest BCUT2D eigenvalue weighted by atomic mass is 16.5. The number of Topliss-reactive ketones (excluding diaryl/α,β-unsaturated/α-hetero) is 1. The van der Waals surface area contributed by atoms with Crippen molar-refractivity contribution in [2.75, 3.05) is 13.7 Å². The molecule has 4 nitrogen and oxygen atoms in total. The Labute approximate surface area is 121 Å². The highest BCUT2D eigenvalue weighted by Gasteiger charge is 2.23. The number of aromatic nitrogens is 1. The maximum atomic E-state index is 12.3. The fourth-order valence-electron chi connectivity index (χ4n) is 2.88. The van der Waals surface area contributed by atoms with Gasteiger partial charge in [-0.1, -0.05) is 0 Å². The van der Waals surface area contributed by atoms with Crippen LogP contribution < -0.4 is 0 Å². The Morgan fingerprint density at radius 2 is 2.05 bits per heavy atom. The lowest BCUT2D eigenvalue weighted by Gasteiger charge is -2.27. The Balaban J connectivity index is 1.90. The molecule has 1 heterocycles. The summed E-state index contributed by atoms with van der Waals surface area (Å²) in [6.07, 6.45) is 4.57. The Bertz CT molecular complexity index is 478. The lowest BCUT2D eigenvalue weighted by molar-refractivity contribution is -0.0243. The maximum absolute atomic E-state index is 12.3. The Kier molecular flexibility index (Phi) is 5.00. The van der Waals surface area contributed by atoms with E-state index in [1.807, 2.05) is 31.5 Å². The van der Waals surface area contributed by atoms with Crippen LogP contribution in [0.5, 0.6) is 0 Å². The van der Waals surface area contributed by atoms with Crippen LogP contribution in [0.25, 0.3) is 0 Å². The van der Waals surface area contributed by atoms with Crippen molar-refractivity contribution >= 4 is 5.78 Å². The molecule has 0 saturated heterocycles. The number of hydrogen-bond acceptors (Lipinski definition) is 3. The molecule has 0 N–H and O–H groups in total. The number of ketones is 1. The number of carbonyl (C=O) groups excluding carboxylic acids is 1. The molecule has 1 aromatic heterocycles. The van der Waals surface area contributed by atoms with E-state index in [1.165, 1.54) is 0 Å². The van der Waals surface area contributed by atoms with Gasteiger partial charge in [-0.05, 0) is 45.6 Å². The summed E-state index contributed by atoms with van der Waals surface area (Å²) in [6, 6.07) is 1.94. The molecule has 112 valence electrons. The summed E-state index contributed by atoms with van der Waals surface area (Å²) in [5.41, 5.74) is 2.89. The first kappa shape index (κ1) is 15.3. The molecular formula is C16H25NO3. The minimum absolute atomic E-state index is 0.0748. The largest absolute Gasteiger partial charge is 0.381 e. The van der Waals surface area contributed by atoms with Gasteiger partial charge in [0, 0.05) is 31.1 Å². The highest BCUT2D eigenvalue weighted by molar-refractivity contribution is 5.98. The summed E-state index contributed by atoms with van der Waals surface area (Å²) < 4.78 is 13.2. The Morgan fingerprint density at radius 1 is 1.35 bits per heavy atom. The smallest absolute Gasteiger partial charge is 0.190 e. The van der Waals surface area contributed by atoms with Gasteiger partial charge in [0.15, 0.2) is 5.78 Å². The highest BCUT2D eigenvalue weighted by Crippen LogP contribution is 2.23. The van der Waals surface area contributed by atoms with Gasteiger partial charge < -0.3 is 14.0 Å². The average Bonchev–Trinajstić information content (AvgIpc) is 2.72. The summed E-state index contributed by atoms with van der Waals surface area (Å²) in [6.45, 7) is 4.15. The number of hydrogen-bond donors (Lipinski definition) is 0. The third-order valence-electron chi connectivity index (χ3n) is 4.44. The van der Waals surface area contributed by atoms with Gasteiger partial charge in [-0.3, -0.25) is 4.79 Å². The second-order valence-corrected chi connectivity index (χ2v) is 5.72. The second-order valence-electron chi connectivity index (χ2n) is 5.72. The number of carbonyl (C=O) groups is 1. The lowest BCUT2D eigenvalue weighted by Crippen LogP contribution is -2.29. The maximum Gasteiger partial charge on any atom is 0.190 e. The van der Waals surface area contributed by atoms with Gasteiger partial charge in [-0.25, -0.2) is 0 Å². The molecule has 1 aromatic rings. The summed E-state index contributed by atoms with van der Waals surface area (Å²) in [4.78, 5) is 12.3. The van der Waals surface area contributed by atoms with Crippen molar-refractivity contribution in [2.24, 2.45) is 7.05 Å². The molecule has 1 fully saturated rings. The van der Waals surface area contributed by atoms with E-state index in [-0.39, 0.29) is 24.6 Å². The van der Waals surface area contributed by atoms with E-state index < -0.39 is 0 Å². The van der Waals surface area contributed by atoms with Crippen molar-refractivity contribution in [3.8, 4) is 0 Å². The fraction of sp³-hybridized carbons (Fsp3) is 0.688. The molecule has 1 aliphatic rings. The first-order valence-electron chi connectivity index (χ1n) is 7.33. The standard InChI is InChI=1S/C16H25NO3/c1-11-8-15(12(2)17(11)3)16(18)10-20-14-7-5-6-13(9-14)19-4/h8,13-14H,5-7,9-10H2,1-4H3. The molecule has 0 radical (unpaired) electrons. The molecule has 0 amide bonds. The van der Waals surface area contributed by atoms with Crippen molar-refractivity contribution in [2.45, 2.75) is 51.7 Å². The van der Waals surface area contributed by atoms with Crippen LogP contribution in [0.4, 0.5) is 0 Å². The Hall–Kier alpha value is -1.13. The van der Waals surface area contributed by atoms with Gasteiger partial charge >= 0.3 is 0 Å². The third kappa shape index (κ3) is 3.30. The number of aryl methyl sites for hydroxylation is 1. The lowest BCUT2D eigenvalue weighted by atomic mass is 9.95. The summed E-state index contributed by atoms with van der Waals surface area (Å²) in [5, 5.41) is 0. The van der Waals surface area contributed by atoms with E-state index in [4.69, 9.17) is 9.47 Å². The van der Waals surface area contributed by atoms with E-state index in [0.29, 0.717) is 0 Å². The van der Waals surface area contributed by atoms with Gasteiger partial charge in [0.05, 0.1) is 12.2 Å². The molecule has 2 atom stereocenters. The molecule has 1 aliphatic carbocycles. The van der Waals surface area contributed by atoms with Gasteiger partial charge in [0.2, 0.25) is 0 Å². The first-order valence-corrected chi connectivity index (χ1v) is 7.33. The fourth-order valence-corrected chi connectivity index (χ4v) is 2.88. The van der Waals surface area contributed by atoms with Crippen LogP contribution in [0, 0.1) is 13.8 Å². The van der Waals surface area contributed by atoms with Crippen molar-refractivity contribution in [1.82, 2.24) is 4.57 Å². The minimum atomic E-state index is 0.0748. The molecule has 0 spiro atoms. The van der Waals surface area contributed by atoms with Gasteiger partial charge in [0.1, 0.15) is 6.61 Å². The molecule has 0 aliphatic heterocycles. The van der Waals surface area contributed by atoms with Crippen LogP contribution in [-0.4, -0.2) is 36.3 Å². The zero-order chi connectivity index (χ0) is 14.7. The zero-order valence-electron chi connectivity index (χ0n) is 12.9. The van der Waals surface area contributed by atoms with Gasteiger partial charge in [-0.15, -0.1) is 0 Å². The third-order valence-corrected chi connectivity index (χ3v) is 4.44. The SMILES string of the molecule is COC1CCCC(OCC(=O)c2cc(C)n(C)c2C)C1. The van der Waals surface area contributed by atoms with Crippen molar-refractivity contribution in [3.63, 3.8) is 0 Å². The van der Waals surface area contributed by atoms with E-state index in [2.05, 4.69) is 0 Å². The van der Waals surface area contributed by atoms with E-state index in [1.54, 1.807) is 7.11 Å². The first-order chi connectivity index (χ1) is 9.52. The second kappa shape index (κ2) is 6.55. The van der Waals surface area contributed by atoms with Gasteiger partial charge in [0.25, 0.3) is 0 Å². The number of rotatable bonds is 5. The molecule has 1 saturated carbocycles. The molecule has 20 heavy (non-hydrogen) atoms. The summed E-state index contributed by atoms with van der Waals surface area (Å²) in [5.74, 6) is 0.0748. The van der Waals surface area contributed by atoms with Crippen LogP contribution in [0.2, 0.25) is 0 Å². The number of methoxy groups -OCH3 is 1. The molecule has 4 heteroatoms. The van der Waals surface area contributed by atoms with Crippen molar-refractivity contribution < 1.29 is 14.3 Å². The minimum Gasteiger partial charge on any atom is -0.381 e.